The Labute approximate surface area is 107 Å². The molecular formula is C14H17ClN2. The maximum absolute atomic E-state index is 5.94. The molecule has 1 unspecified atom stereocenters. The van der Waals surface area contributed by atoms with E-state index in [0.717, 1.165) is 24.5 Å². The highest BCUT2D eigenvalue weighted by molar-refractivity contribution is 6.30. The van der Waals surface area contributed by atoms with Crippen LogP contribution >= 0.6 is 11.6 Å². The van der Waals surface area contributed by atoms with Crippen LogP contribution in [-0.2, 0) is 0 Å². The van der Waals surface area contributed by atoms with E-state index in [4.69, 9.17) is 11.6 Å². The zero-order valence-electron chi connectivity index (χ0n) is 9.90. The summed E-state index contributed by atoms with van der Waals surface area (Å²) in [6.45, 7) is 2.17. The van der Waals surface area contributed by atoms with Gasteiger partial charge in [-0.05, 0) is 37.0 Å². The van der Waals surface area contributed by atoms with Gasteiger partial charge in [0.15, 0.2) is 0 Å². The lowest BCUT2D eigenvalue weighted by molar-refractivity contribution is 0.395. The first-order valence-corrected chi connectivity index (χ1v) is 6.78. The normalized spacial score (nSPS) is 24.2. The molecule has 2 nitrogen and oxygen atoms in total. The van der Waals surface area contributed by atoms with Gasteiger partial charge in [0.25, 0.3) is 0 Å². The number of aliphatic imine (C=N–C) groups is 1. The Morgan fingerprint density at radius 2 is 2.00 bits per heavy atom. The molecule has 90 valence electrons. The van der Waals surface area contributed by atoms with Crippen molar-refractivity contribution in [3.05, 3.63) is 34.9 Å². The summed E-state index contributed by atoms with van der Waals surface area (Å²) in [4.78, 5) is 7.12. The summed E-state index contributed by atoms with van der Waals surface area (Å²) in [5.74, 6) is 1.32. The molecule has 17 heavy (non-hydrogen) atoms. The van der Waals surface area contributed by atoms with Crippen LogP contribution in [0.2, 0.25) is 5.02 Å². The Bertz CT molecular complexity index is 424. The van der Waals surface area contributed by atoms with Crippen LogP contribution in [0.4, 0.5) is 0 Å². The molecule has 2 heterocycles. The van der Waals surface area contributed by atoms with Gasteiger partial charge in [-0.1, -0.05) is 23.7 Å². The summed E-state index contributed by atoms with van der Waals surface area (Å²) in [5, 5.41) is 0.816. The number of hydrogen-bond donors (Lipinski definition) is 0. The standard InChI is InChI=1S/C14H17ClN2/c15-12-7-5-11(6-8-12)13-3-2-10-17(13)14-4-1-9-16-14/h5-8,13H,1-4,9-10H2. The lowest BCUT2D eigenvalue weighted by Gasteiger charge is -2.27. The Morgan fingerprint density at radius 3 is 2.71 bits per heavy atom. The quantitative estimate of drug-likeness (QED) is 0.741. The number of likely N-dealkylation sites (tertiary alicyclic amines) is 1. The van der Waals surface area contributed by atoms with Gasteiger partial charge in [-0.3, -0.25) is 4.99 Å². The minimum absolute atomic E-state index is 0.518. The fourth-order valence-electron chi connectivity index (χ4n) is 2.87. The van der Waals surface area contributed by atoms with Gasteiger partial charge in [0.1, 0.15) is 0 Å². The Balaban J connectivity index is 1.83. The Hall–Kier alpha value is -1.02. The number of amidine groups is 1. The molecule has 1 saturated heterocycles. The number of rotatable bonds is 1. The van der Waals surface area contributed by atoms with Crippen LogP contribution in [0.15, 0.2) is 29.3 Å². The van der Waals surface area contributed by atoms with Crippen LogP contribution in [0.1, 0.15) is 37.3 Å². The van der Waals surface area contributed by atoms with Crippen molar-refractivity contribution in [2.45, 2.75) is 31.7 Å². The van der Waals surface area contributed by atoms with Crippen molar-refractivity contribution >= 4 is 17.4 Å². The van der Waals surface area contributed by atoms with Crippen molar-refractivity contribution in [3.8, 4) is 0 Å². The van der Waals surface area contributed by atoms with Gasteiger partial charge in [-0.25, -0.2) is 0 Å². The highest BCUT2D eigenvalue weighted by atomic mass is 35.5. The van der Waals surface area contributed by atoms with Gasteiger partial charge >= 0.3 is 0 Å². The number of hydrogen-bond acceptors (Lipinski definition) is 2. The van der Waals surface area contributed by atoms with Crippen LogP contribution < -0.4 is 0 Å². The molecule has 1 fully saturated rings. The van der Waals surface area contributed by atoms with Crippen molar-refractivity contribution in [1.82, 2.24) is 4.90 Å². The highest BCUT2D eigenvalue weighted by Crippen LogP contribution is 2.34. The van der Waals surface area contributed by atoms with E-state index in [9.17, 15) is 0 Å². The molecule has 0 bridgehead atoms. The van der Waals surface area contributed by atoms with Crippen molar-refractivity contribution < 1.29 is 0 Å². The number of nitrogens with zero attached hydrogens (tertiary/aromatic N) is 2. The second-order valence-corrected chi connectivity index (χ2v) is 5.24. The van der Waals surface area contributed by atoms with E-state index in [2.05, 4.69) is 22.0 Å². The second-order valence-electron chi connectivity index (χ2n) is 4.80. The van der Waals surface area contributed by atoms with Gasteiger partial charge in [0, 0.05) is 24.5 Å². The molecule has 0 amide bonds. The Morgan fingerprint density at radius 1 is 1.18 bits per heavy atom. The molecule has 0 radical (unpaired) electrons. The average molecular weight is 249 g/mol. The molecule has 1 aromatic carbocycles. The van der Waals surface area contributed by atoms with Gasteiger partial charge < -0.3 is 4.90 Å². The fraction of sp³-hybridized carbons (Fsp3) is 0.500. The van der Waals surface area contributed by atoms with Gasteiger partial charge in [-0.15, -0.1) is 0 Å². The highest BCUT2D eigenvalue weighted by Gasteiger charge is 2.29. The van der Waals surface area contributed by atoms with E-state index in [1.54, 1.807) is 0 Å². The molecular weight excluding hydrogens is 232 g/mol. The third-order valence-electron chi connectivity index (χ3n) is 3.69. The summed E-state index contributed by atoms with van der Waals surface area (Å²) in [6.07, 6.45) is 4.89. The third kappa shape index (κ3) is 2.19. The van der Waals surface area contributed by atoms with Gasteiger partial charge in [0.05, 0.1) is 11.9 Å². The molecule has 0 N–H and O–H groups in total. The van der Waals surface area contributed by atoms with Crippen molar-refractivity contribution in [2.24, 2.45) is 4.99 Å². The van der Waals surface area contributed by atoms with Gasteiger partial charge in [0.2, 0.25) is 0 Å². The van der Waals surface area contributed by atoms with E-state index in [1.807, 2.05) is 12.1 Å². The smallest absolute Gasteiger partial charge is 0.0994 e. The first-order chi connectivity index (χ1) is 8.34. The number of benzene rings is 1. The van der Waals surface area contributed by atoms with Crippen molar-refractivity contribution in [3.63, 3.8) is 0 Å². The SMILES string of the molecule is Clc1ccc(C2CCCN2C2=NCCC2)cc1. The average Bonchev–Trinajstić information content (AvgIpc) is 3.00. The van der Waals surface area contributed by atoms with Crippen LogP contribution in [-0.4, -0.2) is 23.8 Å². The van der Waals surface area contributed by atoms with Crippen molar-refractivity contribution in [2.75, 3.05) is 13.1 Å². The molecule has 0 aliphatic carbocycles. The zero-order chi connectivity index (χ0) is 11.7. The molecule has 2 aliphatic heterocycles. The minimum Gasteiger partial charge on any atom is -0.353 e. The predicted octanol–water partition coefficient (Wildman–Crippen LogP) is 3.67. The maximum Gasteiger partial charge on any atom is 0.0994 e. The third-order valence-corrected chi connectivity index (χ3v) is 3.94. The van der Waals surface area contributed by atoms with Crippen LogP contribution in [0.25, 0.3) is 0 Å². The molecule has 1 atom stereocenters. The van der Waals surface area contributed by atoms with E-state index in [1.165, 1.54) is 30.7 Å². The van der Waals surface area contributed by atoms with E-state index in [-0.39, 0.29) is 0 Å². The molecule has 3 rings (SSSR count). The fourth-order valence-corrected chi connectivity index (χ4v) is 2.99. The summed E-state index contributed by atoms with van der Waals surface area (Å²) in [6, 6.07) is 8.80. The summed E-state index contributed by atoms with van der Waals surface area (Å²) in [7, 11) is 0. The topological polar surface area (TPSA) is 15.6 Å². The van der Waals surface area contributed by atoms with E-state index < -0.39 is 0 Å². The zero-order valence-corrected chi connectivity index (χ0v) is 10.7. The van der Waals surface area contributed by atoms with Crippen LogP contribution in [0.5, 0.6) is 0 Å². The Kier molecular flexibility index (Phi) is 3.06. The summed E-state index contributed by atoms with van der Waals surface area (Å²) < 4.78 is 0. The second kappa shape index (κ2) is 4.69. The molecule has 2 aliphatic rings. The lowest BCUT2D eigenvalue weighted by Crippen LogP contribution is -2.29. The van der Waals surface area contributed by atoms with Crippen LogP contribution in [0.3, 0.4) is 0 Å². The van der Waals surface area contributed by atoms with E-state index >= 15 is 0 Å². The molecule has 3 heteroatoms. The summed E-state index contributed by atoms with van der Waals surface area (Å²) >= 11 is 5.94. The molecule has 0 aromatic heterocycles. The van der Waals surface area contributed by atoms with Crippen molar-refractivity contribution in [1.29, 1.82) is 0 Å². The minimum atomic E-state index is 0.518. The maximum atomic E-state index is 5.94. The molecule has 0 saturated carbocycles. The van der Waals surface area contributed by atoms with Crippen LogP contribution in [0, 0.1) is 0 Å². The largest absolute Gasteiger partial charge is 0.353 e. The molecule has 1 aromatic rings. The summed E-state index contributed by atoms with van der Waals surface area (Å²) in [5.41, 5.74) is 1.38. The first-order valence-electron chi connectivity index (χ1n) is 6.40. The first kappa shape index (κ1) is 11.1. The lowest BCUT2D eigenvalue weighted by atomic mass is 10.0. The molecule has 0 spiro atoms. The predicted molar refractivity (Wildman–Crippen MR) is 71.7 cm³/mol. The monoisotopic (exact) mass is 248 g/mol. The van der Waals surface area contributed by atoms with E-state index in [0.29, 0.717) is 6.04 Å². The van der Waals surface area contributed by atoms with Gasteiger partial charge in [-0.2, -0.15) is 0 Å². The number of halogens is 1.